The van der Waals surface area contributed by atoms with Gasteiger partial charge in [-0.3, -0.25) is 9.59 Å². The standard InChI is InChI=1S/C22H20FN3O3/c1-14(27)26-11-10-15-12-16(6-7-19(15)26)25-21(28)8-9-22-24-13-20(29-22)17-4-2-3-5-18(17)23/h2-7,12-13H,8-11H2,1H3,(H,25,28). The van der Waals surface area contributed by atoms with Crippen LogP contribution in [0.3, 0.4) is 0 Å². The van der Waals surface area contributed by atoms with E-state index in [9.17, 15) is 14.0 Å². The Morgan fingerprint density at radius 2 is 2.07 bits per heavy atom. The average Bonchev–Trinajstić information content (AvgIpc) is 3.33. The molecule has 0 saturated heterocycles. The van der Waals surface area contributed by atoms with Crippen LogP contribution in [0.1, 0.15) is 24.8 Å². The van der Waals surface area contributed by atoms with Gasteiger partial charge in [-0.2, -0.15) is 0 Å². The Morgan fingerprint density at radius 3 is 2.86 bits per heavy atom. The Kier molecular flexibility index (Phi) is 5.12. The van der Waals surface area contributed by atoms with E-state index in [2.05, 4.69) is 10.3 Å². The average molecular weight is 393 g/mol. The Hall–Kier alpha value is -3.48. The smallest absolute Gasteiger partial charge is 0.224 e. The highest BCUT2D eigenvalue weighted by Gasteiger charge is 2.22. The summed E-state index contributed by atoms with van der Waals surface area (Å²) in [5.41, 5.74) is 2.98. The number of aryl methyl sites for hydroxylation is 1. The highest BCUT2D eigenvalue weighted by molar-refractivity contribution is 5.95. The van der Waals surface area contributed by atoms with Crippen molar-refractivity contribution in [1.29, 1.82) is 0 Å². The summed E-state index contributed by atoms with van der Waals surface area (Å²) in [6.45, 7) is 2.21. The highest BCUT2D eigenvalue weighted by atomic mass is 19.1. The van der Waals surface area contributed by atoms with E-state index < -0.39 is 0 Å². The summed E-state index contributed by atoms with van der Waals surface area (Å²) >= 11 is 0. The molecule has 0 radical (unpaired) electrons. The van der Waals surface area contributed by atoms with Crippen LogP contribution in [0.4, 0.5) is 15.8 Å². The van der Waals surface area contributed by atoms with Crippen molar-refractivity contribution in [3.05, 3.63) is 65.9 Å². The van der Waals surface area contributed by atoms with Crippen molar-refractivity contribution in [2.45, 2.75) is 26.2 Å². The number of rotatable bonds is 5. The molecule has 4 rings (SSSR count). The molecule has 1 N–H and O–H groups in total. The molecule has 1 aromatic heterocycles. The van der Waals surface area contributed by atoms with Gasteiger partial charge in [0.1, 0.15) is 5.82 Å². The van der Waals surface area contributed by atoms with Gasteiger partial charge < -0.3 is 14.6 Å². The van der Waals surface area contributed by atoms with Gasteiger partial charge in [0, 0.05) is 37.7 Å². The zero-order valence-corrected chi connectivity index (χ0v) is 15.9. The zero-order valence-electron chi connectivity index (χ0n) is 15.9. The maximum atomic E-state index is 13.8. The number of hydrogen-bond donors (Lipinski definition) is 1. The zero-order chi connectivity index (χ0) is 20.4. The van der Waals surface area contributed by atoms with Crippen molar-refractivity contribution in [1.82, 2.24) is 4.98 Å². The summed E-state index contributed by atoms with van der Waals surface area (Å²) in [6.07, 6.45) is 2.73. The van der Waals surface area contributed by atoms with E-state index in [0.29, 0.717) is 35.9 Å². The lowest BCUT2D eigenvalue weighted by molar-refractivity contribution is -0.117. The molecule has 7 heteroatoms. The van der Waals surface area contributed by atoms with Gasteiger partial charge in [0.05, 0.1) is 11.8 Å². The molecule has 0 atom stereocenters. The third-order valence-corrected chi connectivity index (χ3v) is 4.90. The first-order valence-corrected chi connectivity index (χ1v) is 9.42. The number of hydrogen-bond acceptors (Lipinski definition) is 4. The number of carbonyl (C=O) groups excluding carboxylic acids is 2. The predicted octanol–water partition coefficient (Wildman–Crippen LogP) is 3.96. The van der Waals surface area contributed by atoms with Crippen molar-refractivity contribution in [2.24, 2.45) is 0 Å². The summed E-state index contributed by atoms with van der Waals surface area (Å²) < 4.78 is 19.4. The molecule has 29 heavy (non-hydrogen) atoms. The maximum Gasteiger partial charge on any atom is 0.224 e. The SMILES string of the molecule is CC(=O)N1CCc2cc(NC(=O)CCc3ncc(-c4ccccc4F)o3)ccc21. The molecule has 6 nitrogen and oxygen atoms in total. The Labute approximate surface area is 167 Å². The first-order chi connectivity index (χ1) is 14.0. The number of oxazole rings is 1. The number of benzene rings is 2. The number of halogens is 1. The van der Waals surface area contributed by atoms with E-state index >= 15 is 0 Å². The molecular weight excluding hydrogens is 373 g/mol. The van der Waals surface area contributed by atoms with Crippen LogP contribution in [0.2, 0.25) is 0 Å². The van der Waals surface area contributed by atoms with E-state index in [-0.39, 0.29) is 24.1 Å². The van der Waals surface area contributed by atoms with Gasteiger partial charge in [-0.15, -0.1) is 0 Å². The molecule has 0 aliphatic carbocycles. The van der Waals surface area contributed by atoms with E-state index in [1.807, 2.05) is 12.1 Å². The second-order valence-electron chi connectivity index (χ2n) is 6.91. The number of carbonyl (C=O) groups is 2. The van der Waals surface area contributed by atoms with E-state index in [0.717, 1.165) is 17.7 Å². The van der Waals surface area contributed by atoms with Gasteiger partial charge in [0.25, 0.3) is 0 Å². The van der Waals surface area contributed by atoms with Gasteiger partial charge >= 0.3 is 0 Å². The second-order valence-corrected chi connectivity index (χ2v) is 6.91. The molecule has 148 valence electrons. The first-order valence-electron chi connectivity index (χ1n) is 9.42. The van der Waals surface area contributed by atoms with Crippen molar-refractivity contribution in [3.8, 4) is 11.3 Å². The summed E-state index contributed by atoms with van der Waals surface area (Å²) in [5, 5.41) is 2.86. The number of aromatic nitrogens is 1. The van der Waals surface area contributed by atoms with Gasteiger partial charge in [-0.25, -0.2) is 9.37 Å². The Morgan fingerprint density at radius 1 is 1.24 bits per heavy atom. The molecule has 1 aliphatic rings. The number of nitrogens with zero attached hydrogens (tertiary/aromatic N) is 2. The topological polar surface area (TPSA) is 75.4 Å². The summed E-state index contributed by atoms with van der Waals surface area (Å²) in [5.74, 6) is 0.183. The van der Waals surface area contributed by atoms with Crippen molar-refractivity contribution < 1.29 is 18.4 Å². The van der Waals surface area contributed by atoms with Crippen LogP contribution < -0.4 is 10.2 Å². The summed E-state index contributed by atoms with van der Waals surface area (Å²) in [4.78, 5) is 29.8. The number of anilines is 2. The third kappa shape index (κ3) is 4.03. The quantitative estimate of drug-likeness (QED) is 0.712. The minimum absolute atomic E-state index is 0.0150. The van der Waals surface area contributed by atoms with Crippen LogP contribution in [0.25, 0.3) is 11.3 Å². The van der Waals surface area contributed by atoms with Crippen molar-refractivity contribution in [3.63, 3.8) is 0 Å². The lowest BCUT2D eigenvalue weighted by Crippen LogP contribution is -2.25. The van der Waals surface area contributed by atoms with Crippen LogP contribution in [0, 0.1) is 5.82 Å². The van der Waals surface area contributed by atoms with Gasteiger partial charge in [-0.05, 0) is 42.3 Å². The fourth-order valence-electron chi connectivity index (χ4n) is 3.46. The van der Waals surface area contributed by atoms with Crippen LogP contribution in [-0.4, -0.2) is 23.3 Å². The molecule has 0 bridgehead atoms. The van der Waals surface area contributed by atoms with E-state index in [4.69, 9.17) is 4.42 Å². The lowest BCUT2D eigenvalue weighted by atomic mass is 10.1. The Balaban J connectivity index is 1.36. The summed E-state index contributed by atoms with van der Waals surface area (Å²) in [6, 6.07) is 11.9. The number of nitrogens with one attached hydrogen (secondary N) is 1. The minimum Gasteiger partial charge on any atom is -0.441 e. The molecule has 2 heterocycles. The van der Waals surface area contributed by atoms with Crippen molar-refractivity contribution >= 4 is 23.2 Å². The molecule has 3 aromatic rings. The first kappa shape index (κ1) is 18.9. The van der Waals surface area contributed by atoms with E-state index in [1.165, 1.54) is 12.3 Å². The lowest BCUT2D eigenvalue weighted by Gasteiger charge is -2.15. The van der Waals surface area contributed by atoms with Gasteiger partial charge in [0.2, 0.25) is 11.8 Å². The third-order valence-electron chi connectivity index (χ3n) is 4.90. The molecule has 2 amide bonds. The fraction of sp³-hybridized carbons (Fsp3) is 0.227. The van der Waals surface area contributed by atoms with E-state index in [1.54, 1.807) is 36.1 Å². The van der Waals surface area contributed by atoms with Gasteiger partial charge in [0.15, 0.2) is 11.7 Å². The van der Waals surface area contributed by atoms with Crippen LogP contribution in [-0.2, 0) is 22.4 Å². The molecular formula is C22H20FN3O3. The fourth-order valence-corrected chi connectivity index (χ4v) is 3.46. The van der Waals surface area contributed by atoms with Crippen LogP contribution in [0.5, 0.6) is 0 Å². The molecule has 0 unspecified atom stereocenters. The highest BCUT2D eigenvalue weighted by Crippen LogP contribution is 2.30. The molecule has 0 saturated carbocycles. The molecule has 0 fully saturated rings. The van der Waals surface area contributed by atoms with Gasteiger partial charge in [-0.1, -0.05) is 12.1 Å². The normalized spacial score (nSPS) is 12.7. The number of fused-ring (bicyclic) bond motifs is 1. The molecule has 0 spiro atoms. The summed E-state index contributed by atoms with van der Waals surface area (Å²) in [7, 11) is 0. The maximum absolute atomic E-state index is 13.8. The monoisotopic (exact) mass is 393 g/mol. The largest absolute Gasteiger partial charge is 0.441 e. The minimum atomic E-state index is -0.382. The molecule has 2 aromatic carbocycles. The predicted molar refractivity (Wildman–Crippen MR) is 107 cm³/mol. The van der Waals surface area contributed by atoms with Crippen LogP contribution in [0.15, 0.2) is 53.1 Å². The number of amides is 2. The van der Waals surface area contributed by atoms with Crippen molar-refractivity contribution in [2.75, 3.05) is 16.8 Å². The van der Waals surface area contributed by atoms with Crippen LogP contribution >= 0.6 is 0 Å². The second kappa shape index (κ2) is 7.87. The Bertz CT molecular complexity index is 1080. The molecule has 1 aliphatic heterocycles.